The molecule has 232 valence electrons. The summed E-state index contributed by atoms with van der Waals surface area (Å²) < 4.78 is 39.7. The fourth-order valence-electron chi connectivity index (χ4n) is 4.62. The van der Waals surface area contributed by atoms with E-state index >= 15 is 0 Å². The second kappa shape index (κ2) is 15.1. The number of alkyl halides is 3. The first-order valence-electron chi connectivity index (χ1n) is 13.8. The van der Waals surface area contributed by atoms with Crippen LogP contribution in [0.3, 0.4) is 0 Å². The maximum Gasteiger partial charge on any atom is 0.417 e. The Labute approximate surface area is 261 Å². The van der Waals surface area contributed by atoms with Gasteiger partial charge in [-0.15, -0.1) is 0 Å². The summed E-state index contributed by atoms with van der Waals surface area (Å²) >= 11 is 7.09. The number of carboxylic acid groups (broad SMARTS) is 1. The van der Waals surface area contributed by atoms with Gasteiger partial charge in [0.25, 0.3) is 5.91 Å². The summed E-state index contributed by atoms with van der Waals surface area (Å²) in [4.78, 5) is 41.1. The van der Waals surface area contributed by atoms with Crippen molar-refractivity contribution in [2.75, 3.05) is 28.6 Å². The number of imide groups is 1. The van der Waals surface area contributed by atoms with E-state index in [1.54, 1.807) is 36.4 Å². The van der Waals surface area contributed by atoms with Gasteiger partial charge in [-0.05, 0) is 78.9 Å². The molecule has 1 fully saturated rings. The van der Waals surface area contributed by atoms with Crippen LogP contribution in [0.4, 0.5) is 29.3 Å². The van der Waals surface area contributed by atoms with E-state index in [-0.39, 0.29) is 23.2 Å². The van der Waals surface area contributed by atoms with Crippen LogP contribution in [0.25, 0.3) is 0 Å². The minimum absolute atomic E-state index is 0.0126. The second-order valence-electron chi connectivity index (χ2n) is 10.0. The summed E-state index contributed by atoms with van der Waals surface area (Å²) in [5.74, 6) is -0.668. The number of carbonyl (C=O) groups excluding carboxylic acids is 2. The molecule has 3 aromatic carbocycles. The van der Waals surface area contributed by atoms with Crippen LogP contribution in [0, 0.1) is 0 Å². The molecule has 3 amide bonds. The molecule has 1 aliphatic heterocycles. The first-order chi connectivity index (χ1) is 21.0. The minimum Gasteiger partial charge on any atom is -0.481 e. The molecule has 1 heterocycles. The molecule has 0 spiro atoms. The number of halogens is 4. The lowest BCUT2D eigenvalue weighted by molar-refractivity contribution is -0.138. The van der Waals surface area contributed by atoms with Crippen LogP contribution < -0.4 is 15.2 Å². The van der Waals surface area contributed by atoms with E-state index in [9.17, 15) is 27.6 Å². The van der Waals surface area contributed by atoms with Crippen LogP contribution in [-0.4, -0.2) is 48.1 Å². The lowest BCUT2D eigenvalue weighted by atomic mass is 10.1. The summed E-state index contributed by atoms with van der Waals surface area (Å²) in [6.07, 6.45) is -0.301. The standard InChI is InChI=1S/C31H30ClF3N4O4S/c32-27-12-7-21(18-26(27)31(33,34)35)19-36-37-30(43)39(25-10-8-24(9-11-25)38-14-2-1-3-15-38)29(42)23-6-4-5-22(17-23)20-44-16-13-28(40)41/h4-12,17-19H,1-3,13-16,20H2,(H,37,43)(H,40,41). The Kier molecular flexibility index (Phi) is 11.3. The van der Waals surface area contributed by atoms with E-state index in [1.165, 1.54) is 24.2 Å². The minimum atomic E-state index is -4.67. The number of rotatable bonds is 10. The van der Waals surface area contributed by atoms with Crippen LogP contribution in [0.5, 0.6) is 0 Å². The van der Waals surface area contributed by atoms with E-state index in [1.807, 2.05) is 12.1 Å². The molecule has 1 aliphatic rings. The number of urea groups is 1. The average molecular weight is 647 g/mol. The Balaban J connectivity index is 1.57. The topological polar surface area (TPSA) is 102 Å². The number of carbonyl (C=O) groups is 3. The van der Waals surface area contributed by atoms with Crippen LogP contribution in [0.1, 0.15) is 52.7 Å². The number of piperidine rings is 1. The summed E-state index contributed by atoms with van der Waals surface area (Å²) in [5.41, 5.74) is 3.47. The maximum absolute atomic E-state index is 13.7. The lowest BCUT2D eigenvalue weighted by Gasteiger charge is -2.29. The van der Waals surface area contributed by atoms with Crippen LogP contribution in [0.2, 0.25) is 5.02 Å². The number of nitrogens with one attached hydrogen (secondary N) is 1. The molecule has 8 nitrogen and oxygen atoms in total. The number of benzene rings is 3. The zero-order valence-corrected chi connectivity index (χ0v) is 25.1. The second-order valence-corrected chi connectivity index (χ2v) is 11.5. The highest BCUT2D eigenvalue weighted by Gasteiger charge is 2.33. The zero-order valence-electron chi connectivity index (χ0n) is 23.5. The van der Waals surface area contributed by atoms with E-state index in [2.05, 4.69) is 15.4 Å². The quantitative estimate of drug-likeness (QED) is 0.135. The summed E-state index contributed by atoms with van der Waals surface area (Å²) in [5, 5.41) is 12.2. The molecule has 0 aliphatic carbocycles. The summed E-state index contributed by atoms with van der Waals surface area (Å²) in [7, 11) is 0. The molecule has 13 heteroatoms. The zero-order chi connectivity index (χ0) is 31.7. The number of hydrogen-bond acceptors (Lipinski definition) is 6. The monoisotopic (exact) mass is 646 g/mol. The smallest absolute Gasteiger partial charge is 0.417 e. The largest absolute Gasteiger partial charge is 0.481 e. The molecule has 4 rings (SSSR count). The van der Waals surface area contributed by atoms with E-state index in [0.717, 1.165) is 60.4 Å². The normalized spacial score (nSPS) is 13.6. The molecule has 0 bridgehead atoms. The van der Waals surface area contributed by atoms with Gasteiger partial charge in [0.15, 0.2) is 0 Å². The van der Waals surface area contributed by atoms with Gasteiger partial charge in [-0.25, -0.2) is 15.1 Å². The van der Waals surface area contributed by atoms with Crippen molar-refractivity contribution >= 4 is 58.9 Å². The van der Waals surface area contributed by atoms with Gasteiger partial charge in [-0.2, -0.15) is 30.0 Å². The van der Waals surface area contributed by atoms with Gasteiger partial charge in [0.1, 0.15) is 0 Å². The molecule has 0 unspecified atom stereocenters. The molecular weight excluding hydrogens is 617 g/mol. The number of hydrogen-bond donors (Lipinski definition) is 2. The number of aliphatic carboxylic acids is 1. The van der Waals surface area contributed by atoms with Crippen molar-refractivity contribution in [3.8, 4) is 0 Å². The highest BCUT2D eigenvalue weighted by atomic mass is 35.5. The van der Waals surface area contributed by atoms with Crippen molar-refractivity contribution in [2.24, 2.45) is 5.10 Å². The summed E-state index contributed by atoms with van der Waals surface area (Å²) in [6, 6.07) is 15.9. The fourth-order valence-corrected chi connectivity index (χ4v) is 5.72. The van der Waals surface area contributed by atoms with Gasteiger partial charge >= 0.3 is 18.2 Å². The van der Waals surface area contributed by atoms with Gasteiger partial charge in [0.05, 0.1) is 28.9 Å². The highest BCUT2D eigenvalue weighted by molar-refractivity contribution is 7.98. The third-order valence-electron chi connectivity index (χ3n) is 6.81. The maximum atomic E-state index is 13.7. The first-order valence-corrected chi connectivity index (χ1v) is 15.3. The number of hydrazone groups is 1. The molecule has 0 saturated carbocycles. The first kappa shape index (κ1) is 32.9. The number of thioether (sulfide) groups is 1. The molecule has 44 heavy (non-hydrogen) atoms. The number of carboxylic acids is 1. The van der Waals surface area contributed by atoms with E-state index in [0.29, 0.717) is 11.5 Å². The van der Waals surface area contributed by atoms with Crippen molar-refractivity contribution in [1.82, 2.24) is 5.43 Å². The molecule has 2 N–H and O–H groups in total. The number of nitrogens with zero attached hydrogens (tertiary/aromatic N) is 3. The van der Waals surface area contributed by atoms with Crippen molar-refractivity contribution in [1.29, 1.82) is 0 Å². The molecule has 0 atom stereocenters. The van der Waals surface area contributed by atoms with E-state index < -0.39 is 34.7 Å². The molecule has 0 radical (unpaired) electrons. The van der Waals surface area contributed by atoms with Crippen molar-refractivity contribution in [2.45, 2.75) is 37.6 Å². The Bertz CT molecular complexity index is 1510. The van der Waals surface area contributed by atoms with Gasteiger partial charge in [0, 0.05) is 35.8 Å². The Morgan fingerprint density at radius 2 is 1.75 bits per heavy atom. The average Bonchev–Trinajstić information content (AvgIpc) is 3.00. The van der Waals surface area contributed by atoms with E-state index in [4.69, 9.17) is 16.7 Å². The van der Waals surface area contributed by atoms with Crippen molar-refractivity contribution in [3.05, 3.63) is 94.0 Å². The molecule has 0 aromatic heterocycles. The Hall–Kier alpha value is -4.03. The van der Waals surface area contributed by atoms with Crippen LogP contribution >= 0.6 is 23.4 Å². The molecule has 1 saturated heterocycles. The lowest BCUT2D eigenvalue weighted by Crippen LogP contribution is -2.42. The van der Waals surface area contributed by atoms with Crippen molar-refractivity contribution < 1.29 is 32.7 Å². The van der Waals surface area contributed by atoms with Crippen LogP contribution in [0.15, 0.2) is 71.8 Å². The van der Waals surface area contributed by atoms with Gasteiger partial charge in [0.2, 0.25) is 0 Å². The van der Waals surface area contributed by atoms with Crippen LogP contribution in [-0.2, 0) is 16.7 Å². The third-order valence-corrected chi connectivity index (χ3v) is 8.17. The SMILES string of the molecule is O=C(O)CCSCc1cccc(C(=O)N(C(=O)NN=Cc2ccc(Cl)c(C(F)(F)F)c2)c2ccc(N3CCCCC3)cc2)c1. The Morgan fingerprint density at radius 1 is 1.02 bits per heavy atom. The third kappa shape index (κ3) is 8.99. The summed E-state index contributed by atoms with van der Waals surface area (Å²) in [6.45, 7) is 1.82. The Morgan fingerprint density at radius 3 is 2.43 bits per heavy atom. The van der Waals surface area contributed by atoms with Gasteiger partial charge in [-0.3, -0.25) is 9.59 Å². The molecule has 3 aromatic rings. The van der Waals surface area contributed by atoms with Crippen molar-refractivity contribution in [3.63, 3.8) is 0 Å². The van der Waals surface area contributed by atoms with Gasteiger partial charge in [-0.1, -0.05) is 29.8 Å². The predicted octanol–water partition coefficient (Wildman–Crippen LogP) is 7.45. The number of amides is 3. The van der Waals surface area contributed by atoms with Gasteiger partial charge < -0.3 is 10.0 Å². The predicted molar refractivity (Wildman–Crippen MR) is 167 cm³/mol. The number of anilines is 2. The highest BCUT2D eigenvalue weighted by Crippen LogP contribution is 2.35. The molecular formula is C31H30ClF3N4O4S. The fraction of sp³-hybridized carbons (Fsp3) is 0.290.